The van der Waals surface area contributed by atoms with E-state index >= 15 is 0 Å². The van der Waals surface area contributed by atoms with E-state index in [-0.39, 0.29) is 5.56 Å². The van der Waals surface area contributed by atoms with Crippen LogP contribution in [0.15, 0.2) is 163 Å². The smallest absolute Gasteiger partial charge is 0.263 e. The fourth-order valence-electron chi connectivity index (χ4n) is 8.92. The van der Waals surface area contributed by atoms with Crippen molar-refractivity contribution in [3.63, 3.8) is 0 Å². The predicted octanol–water partition coefficient (Wildman–Crippen LogP) is 12.5. The Kier molecular flexibility index (Phi) is 5.26. The third-order valence-corrected chi connectivity index (χ3v) is 12.2. The van der Waals surface area contributed by atoms with Gasteiger partial charge in [-0.25, -0.2) is 0 Å². The number of thiophene rings is 1. The van der Waals surface area contributed by atoms with Crippen LogP contribution in [-0.4, -0.2) is 8.97 Å². The largest absolute Gasteiger partial charge is 0.308 e. The maximum Gasteiger partial charge on any atom is 0.263 e. The van der Waals surface area contributed by atoms with Gasteiger partial charge in [0.2, 0.25) is 0 Å². The van der Waals surface area contributed by atoms with E-state index in [0.29, 0.717) is 0 Å². The molecule has 0 atom stereocenters. The van der Waals surface area contributed by atoms with Crippen molar-refractivity contribution in [2.24, 2.45) is 0 Å². The highest BCUT2D eigenvalue weighted by atomic mass is 32.1. The standard InChI is InChI=1S/C47H26N2OS/c50-47-35-24-23-28(26-38(35)34-19-10-18-33-30-13-3-6-20-39(30)49(47)44(33)34)27-11-9-12-29(25-27)48-40-21-7-4-16-36(40)42-31-14-1-2-15-32(31)43-37-17-5-8-22-41(37)51-46(43)45(42)48/h1-26H. The molecule has 0 aliphatic carbocycles. The van der Waals surface area contributed by atoms with Crippen molar-refractivity contribution in [1.82, 2.24) is 8.97 Å². The maximum absolute atomic E-state index is 14.1. The lowest BCUT2D eigenvalue weighted by Crippen LogP contribution is -2.12. The van der Waals surface area contributed by atoms with Gasteiger partial charge in [-0.05, 0) is 69.8 Å². The summed E-state index contributed by atoms with van der Waals surface area (Å²) in [6.45, 7) is 0. The molecule has 0 fully saturated rings. The quantitative estimate of drug-likeness (QED) is 0.169. The third kappa shape index (κ3) is 3.49. The first-order valence-electron chi connectivity index (χ1n) is 17.3. The Hall–Kier alpha value is -6.49. The number of fused-ring (bicyclic) bond motifs is 15. The molecule has 0 saturated carbocycles. The van der Waals surface area contributed by atoms with Gasteiger partial charge in [0.15, 0.2) is 0 Å². The molecular formula is C47H26N2OS. The Labute approximate surface area is 294 Å². The lowest BCUT2D eigenvalue weighted by atomic mass is 9.98. The minimum Gasteiger partial charge on any atom is -0.308 e. The van der Waals surface area contributed by atoms with Gasteiger partial charge in [-0.3, -0.25) is 9.20 Å². The molecule has 0 spiro atoms. The Balaban J connectivity index is 1.15. The number of rotatable bonds is 2. The minimum absolute atomic E-state index is 0.0278. The van der Waals surface area contributed by atoms with Crippen LogP contribution in [0.2, 0.25) is 0 Å². The maximum atomic E-state index is 14.1. The molecule has 8 aromatic carbocycles. The zero-order chi connectivity index (χ0) is 33.4. The van der Waals surface area contributed by atoms with Crippen molar-refractivity contribution in [1.29, 1.82) is 0 Å². The highest BCUT2D eigenvalue weighted by Gasteiger charge is 2.22. The summed E-state index contributed by atoms with van der Waals surface area (Å²) in [4.78, 5) is 14.1. The Morgan fingerprint density at radius 1 is 0.412 bits per heavy atom. The number of hydrogen-bond acceptors (Lipinski definition) is 2. The van der Waals surface area contributed by atoms with E-state index in [0.717, 1.165) is 54.8 Å². The highest BCUT2D eigenvalue weighted by Crippen LogP contribution is 2.48. The van der Waals surface area contributed by atoms with Gasteiger partial charge < -0.3 is 4.57 Å². The average molecular weight is 667 g/mol. The van der Waals surface area contributed by atoms with E-state index in [1.165, 1.54) is 52.8 Å². The van der Waals surface area contributed by atoms with E-state index in [1.54, 1.807) is 0 Å². The minimum atomic E-state index is 0.0278. The van der Waals surface area contributed by atoms with E-state index in [9.17, 15) is 4.79 Å². The number of aromatic nitrogens is 2. The van der Waals surface area contributed by atoms with Crippen molar-refractivity contribution >= 4 is 102 Å². The number of pyridine rings is 1. The SMILES string of the molecule is O=c1c2ccc(-c3cccc(-n4c5ccccc5c5c6ccccc6c6c7ccccc7sc6c54)c3)cc2c2cccc3c4ccccc4n1c23. The van der Waals surface area contributed by atoms with E-state index in [2.05, 4.69) is 138 Å². The first kappa shape index (κ1) is 27.3. The van der Waals surface area contributed by atoms with Crippen LogP contribution in [0.5, 0.6) is 0 Å². The lowest BCUT2D eigenvalue weighted by molar-refractivity contribution is 1.19. The topological polar surface area (TPSA) is 26.4 Å². The van der Waals surface area contributed by atoms with Crippen molar-refractivity contribution in [2.75, 3.05) is 0 Å². The molecule has 51 heavy (non-hydrogen) atoms. The van der Waals surface area contributed by atoms with Gasteiger partial charge in [0.1, 0.15) is 0 Å². The summed E-state index contributed by atoms with van der Waals surface area (Å²) in [7, 11) is 0. The van der Waals surface area contributed by atoms with Crippen molar-refractivity contribution in [3.8, 4) is 16.8 Å². The van der Waals surface area contributed by atoms with Gasteiger partial charge >= 0.3 is 0 Å². The molecule has 0 amide bonds. The van der Waals surface area contributed by atoms with Crippen molar-refractivity contribution < 1.29 is 0 Å². The molecule has 12 rings (SSSR count). The Bertz CT molecular complexity index is 3510. The monoisotopic (exact) mass is 666 g/mol. The Morgan fingerprint density at radius 2 is 1.04 bits per heavy atom. The van der Waals surface area contributed by atoms with Crippen LogP contribution in [0.3, 0.4) is 0 Å². The predicted molar refractivity (Wildman–Crippen MR) is 218 cm³/mol. The second-order valence-corrected chi connectivity index (χ2v) is 14.6. The first-order chi connectivity index (χ1) is 25.2. The van der Waals surface area contributed by atoms with Crippen LogP contribution < -0.4 is 5.56 Å². The van der Waals surface area contributed by atoms with Gasteiger partial charge in [0.05, 0.1) is 26.8 Å². The van der Waals surface area contributed by atoms with Gasteiger partial charge in [-0.2, -0.15) is 0 Å². The lowest BCUT2D eigenvalue weighted by Gasteiger charge is -2.13. The number of nitrogens with zero attached hydrogens (tertiary/aromatic N) is 2. The summed E-state index contributed by atoms with van der Waals surface area (Å²) >= 11 is 1.88. The van der Waals surface area contributed by atoms with Gasteiger partial charge in [0.25, 0.3) is 5.56 Å². The van der Waals surface area contributed by atoms with Gasteiger partial charge in [-0.15, -0.1) is 11.3 Å². The molecule has 0 bridgehead atoms. The summed E-state index contributed by atoms with van der Waals surface area (Å²) in [5.74, 6) is 0. The number of para-hydroxylation sites is 3. The van der Waals surface area contributed by atoms with Crippen LogP contribution in [0.4, 0.5) is 0 Å². The number of benzene rings is 8. The molecular weight excluding hydrogens is 641 g/mol. The van der Waals surface area contributed by atoms with Gasteiger partial charge in [-0.1, -0.05) is 115 Å². The Morgan fingerprint density at radius 3 is 1.88 bits per heavy atom. The zero-order valence-corrected chi connectivity index (χ0v) is 28.0. The van der Waals surface area contributed by atoms with Crippen LogP contribution >= 0.6 is 11.3 Å². The molecule has 0 saturated heterocycles. The van der Waals surface area contributed by atoms with Crippen LogP contribution in [0.1, 0.15) is 0 Å². The van der Waals surface area contributed by atoms with E-state index in [1.807, 2.05) is 40.0 Å². The third-order valence-electron chi connectivity index (χ3n) is 11.0. The summed E-state index contributed by atoms with van der Waals surface area (Å²) < 4.78 is 6.98. The molecule has 0 N–H and O–H groups in total. The molecule has 3 nitrogen and oxygen atoms in total. The summed E-state index contributed by atoms with van der Waals surface area (Å²) in [6, 6.07) is 56.3. The molecule has 4 aromatic heterocycles. The second-order valence-electron chi connectivity index (χ2n) is 13.6. The van der Waals surface area contributed by atoms with Crippen LogP contribution in [-0.2, 0) is 0 Å². The van der Waals surface area contributed by atoms with Crippen molar-refractivity contribution in [3.05, 3.63) is 168 Å². The molecule has 236 valence electrons. The van der Waals surface area contributed by atoms with Crippen LogP contribution in [0, 0.1) is 0 Å². The van der Waals surface area contributed by atoms with Gasteiger partial charge in [0, 0.05) is 53.5 Å². The molecule has 4 heterocycles. The second kappa shape index (κ2) is 9.81. The fraction of sp³-hybridized carbons (Fsp3) is 0. The van der Waals surface area contributed by atoms with Crippen molar-refractivity contribution in [2.45, 2.75) is 0 Å². The normalized spacial score (nSPS) is 12.4. The molecule has 0 radical (unpaired) electrons. The average Bonchev–Trinajstić information content (AvgIpc) is 3.86. The highest BCUT2D eigenvalue weighted by molar-refractivity contribution is 7.27. The van der Waals surface area contributed by atoms with E-state index in [4.69, 9.17) is 0 Å². The van der Waals surface area contributed by atoms with E-state index < -0.39 is 0 Å². The summed E-state index contributed by atoms with van der Waals surface area (Å²) in [6.07, 6.45) is 0. The number of hydrogen-bond donors (Lipinski definition) is 0. The molecule has 0 aliphatic rings. The molecule has 0 unspecified atom stereocenters. The molecule has 12 aromatic rings. The van der Waals surface area contributed by atoms with Crippen LogP contribution in [0.25, 0.3) is 108 Å². The summed E-state index contributed by atoms with van der Waals surface area (Å²) in [5.41, 5.74) is 7.73. The zero-order valence-electron chi connectivity index (χ0n) is 27.2. The molecule has 4 heteroatoms. The molecule has 0 aliphatic heterocycles. The first-order valence-corrected chi connectivity index (χ1v) is 18.1. The summed E-state index contributed by atoms with van der Waals surface area (Å²) in [5, 5.41) is 12.8. The fourth-order valence-corrected chi connectivity index (χ4v) is 10.2.